The third-order valence-electron chi connectivity index (χ3n) is 3.90. The molecule has 0 aliphatic carbocycles. The number of rotatable bonds is 7. The van der Waals surface area contributed by atoms with E-state index in [1.54, 1.807) is 18.2 Å². The van der Waals surface area contributed by atoms with E-state index < -0.39 is 10.0 Å². The van der Waals surface area contributed by atoms with Gasteiger partial charge in [-0.05, 0) is 95.7 Å². The van der Waals surface area contributed by atoms with Crippen LogP contribution in [0.5, 0.6) is 5.75 Å². The predicted molar refractivity (Wildman–Crippen MR) is 122 cm³/mol. The van der Waals surface area contributed by atoms with Crippen molar-refractivity contribution in [3.8, 4) is 5.75 Å². The summed E-state index contributed by atoms with van der Waals surface area (Å²) in [5.41, 5.74) is 2.01. The van der Waals surface area contributed by atoms with Gasteiger partial charge in [0.1, 0.15) is 5.75 Å². The van der Waals surface area contributed by atoms with Crippen LogP contribution in [0.4, 0.5) is 11.4 Å². The Labute approximate surface area is 183 Å². The number of carbonyl (C=O) groups is 1. The van der Waals surface area contributed by atoms with Crippen molar-refractivity contribution in [2.45, 2.75) is 11.8 Å². The van der Waals surface area contributed by atoms with Gasteiger partial charge in [-0.15, -0.1) is 0 Å². The lowest BCUT2D eigenvalue weighted by atomic mass is 10.2. The molecule has 0 unspecified atom stereocenters. The number of anilines is 2. The van der Waals surface area contributed by atoms with Crippen LogP contribution in [-0.4, -0.2) is 20.9 Å². The fourth-order valence-electron chi connectivity index (χ4n) is 2.50. The molecule has 0 heterocycles. The first kappa shape index (κ1) is 21.1. The highest BCUT2D eigenvalue weighted by molar-refractivity contribution is 14.1. The fourth-order valence-corrected chi connectivity index (χ4v) is 3.92. The number of hydrogen-bond donors (Lipinski definition) is 2. The van der Waals surface area contributed by atoms with Gasteiger partial charge >= 0.3 is 0 Å². The maximum atomic E-state index is 12.5. The summed E-state index contributed by atoms with van der Waals surface area (Å²) < 4.78 is 34.0. The second-order valence-electron chi connectivity index (χ2n) is 6.29. The summed E-state index contributed by atoms with van der Waals surface area (Å²) in [5.74, 6) is 0.280. The van der Waals surface area contributed by atoms with Crippen LogP contribution in [0, 0.1) is 10.5 Å². The minimum atomic E-state index is -3.71. The highest BCUT2D eigenvalue weighted by atomic mass is 127. The Morgan fingerprint density at radius 3 is 2.28 bits per heavy atom. The molecular weight excluding hydrogens is 503 g/mol. The van der Waals surface area contributed by atoms with Crippen molar-refractivity contribution in [2.75, 3.05) is 16.6 Å². The van der Waals surface area contributed by atoms with E-state index >= 15 is 0 Å². The fraction of sp³-hybridized carbons (Fsp3) is 0.0952. The van der Waals surface area contributed by atoms with Crippen molar-refractivity contribution in [1.29, 1.82) is 0 Å². The zero-order valence-corrected chi connectivity index (χ0v) is 18.5. The zero-order valence-electron chi connectivity index (χ0n) is 15.6. The van der Waals surface area contributed by atoms with Gasteiger partial charge in [-0.2, -0.15) is 0 Å². The standard InChI is InChI=1S/C21H19IN2O4S/c1-15-3-2-4-19(13-15)28-14-21(25)23-17-9-11-20(12-10-17)29(26,27)24-18-7-5-16(22)6-8-18/h2-13,24H,14H2,1H3,(H,23,25). The van der Waals surface area contributed by atoms with Crippen molar-refractivity contribution in [1.82, 2.24) is 0 Å². The first-order valence-corrected chi connectivity index (χ1v) is 11.3. The Hall–Kier alpha value is -2.59. The van der Waals surface area contributed by atoms with Crippen molar-refractivity contribution >= 4 is 49.9 Å². The van der Waals surface area contributed by atoms with Gasteiger partial charge in [-0.1, -0.05) is 12.1 Å². The van der Waals surface area contributed by atoms with Gasteiger partial charge in [0.2, 0.25) is 0 Å². The first-order valence-electron chi connectivity index (χ1n) is 8.70. The van der Waals surface area contributed by atoms with E-state index in [2.05, 4.69) is 32.6 Å². The molecule has 3 aromatic carbocycles. The summed E-state index contributed by atoms with van der Waals surface area (Å²) in [5, 5.41) is 2.68. The summed E-state index contributed by atoms with van der Waals surface area (Å²) in [6.45, 7) is 1.80. The molecule has 0 aromatic heterocycles. The van der Waals surface area contributed by atoms with Crippen molar-refractivity contribution in [2.24, 2.45) is 0 Å². The van der Waals surface area contributed by atoms with Crippen LogP contribution in [0.15, 0.2) is 77.7 Å². The van der Waals surface area contributed by atoms with Crippen LogP contribution in [-0.2, 0) is 14.8 Å². The molecule has 8 heteroatoms. The lowest BCUT2D eigenvalue weighted by Gasteiger charge is -2.10. The summed E-state index contributed by atoms with van der Waals surface area (Å²) in [6.07, 6.45) is 0. The number of ether oxygens (including phenoxy) is 1. The van der Waals surface area contributed by atoms with Gasteiger partial charge in [0.15, 0.2) is 6.61 Å². The van der Waals surface area contributed by atoms with Crippen LogP contribution in [0.2, 0.25) is 0 Å². The summed E-state index contributed by atoms with van der Waals surface area (Å²) >= 11 is 2.15. The second-order valence-corrected chi connectivity index (χ2v) is 9.22. The van der Waals surface area contributed by atoms with Gasteiger partial charge in [-0.3, -0.25) is 9.52 Å². The molecular formula is C21H19IN2O4S. The van der Waals surface area contributed by atoms with E-state index in [-0.39, 0.29) is 17.4 Å². The first-order chi connectivity index (χ1) is 13.8. The van der Waals surface area contributed by atoms with Crippen LogP contribution in [0.1, 0.15) is 5.56 Å². The highest BCUT2D eigenvalue weighted by Crippen LogP contribution is 2.19. The molecule has 0 saturated heterocycles. The van der Waals surface area contributed by atoms with E-state index in [1.807, 2.05) is 37.3 Å². The molecule has 3 aromatic rings. The second kappa shape index (κ2) is 9.27. The minimum Gasteiger partial charge on any atom is -0.484 e. The van der Waals surface area contributed by atoms with Gasteiger partial charge < -0.3 is 10.1 Å². The molecule has 6 nitrogen and oxygen atoms in total. The smallest absolute Gasteiger partial charge is 0.262 e. The molecule has 0 aliphatic heterocycles. The molecule has 0 radical (unpaired) electrons. The molecule has 0 aliphatic rings. The van der Waals surface area contributed by atoms with E-state index in [4.69, 9.17) is 4.74 Å². The molecule has 0 saturated carbocycles. The molecule has 150 valence electrons. The number of carbonyl (C=O) groups excluding carboxylic acids is 1. The lowest BCUT2D eigenvalue weighted by molar-refractivity contribution is -0.118. The highest BCUT2D eigenvalue weighted by Gasteiger charge is 2.14. The van der Waals surface area contributed by atoms with E-state index in [9.17, 15) is 13.2 Å². The Kier molecular flexibility index (Phi) is 6.75. The predicted octanol–water partition coefficient (Wildman–Crippen LogP) is 4.42. The normalized spacial score (nSPS) is 11.0. The molecule has 0 spiro atoms. The number of halogens is 1. The Bertz CT molecular complexity index is 1100. The molecule has 0 atom stereocenters. The number of hydrogen-bond acceptors (Lipinski definition) is 4. The monoisotopic (exact) mass is 522 g/mol. The quantitative estimate of drug-likeness (QED) is 0.451. The van der Waals surface area contributed by atoms with E-state index in [0.29, 0.717) is 17.1 Å². The average Bonchev–Trinajstić information content (AvgIpc) is 2.69. The molecule has 1 amide bonds. The third-order valence-corrected chi connectivity index (χ3v) is 6.02. The van der Waals surface area contributed by atoms with Crippen LogP contribution in [0.3, 0.4) is 0 Å². The molecule has 0 fully saturated rings. The third kappa shape index (κ3) is 6.20. The van der Waals surface area contributed by atoms with E-state index in [1.165, 1.54) is 24.3 Å². The number of amides is 1. The maximum absolute atomic E-state index is 12.5. The van der Waals surface area contributed by atoms with Crippen molar-refractivity contribution in [3.63, 3.8) is 0 Å². The summed E-state index contributed by atoms with van der Waals surface area (Å²) in [4.78, 5) is 12.2. The molecule has 2 N–H and O–H groups in total. The Balaban J connectivity index is 1.58. The van der Waals surface area contributed by atoms with Gasteiger partial charge in [-0.25, -0.2) is 8.42 Å². The molecule has 3 rings (SSSR count). The number of nitrogens with one attached hydrogen (secondary N) is 2. The lowest BCUT2D eigenvalue weighted by Crippen LogP contribution is -2.20. The van der Waals surface area contributed by atoms with Crippen molar-refractivity contribution < 1.29 is 17.9 Å². The average molecular weight is 522 g/mol. The number of aryl methyl sites for hydroxylation is 1. The minimum absolute atomic E-state index is 0.102. The van der Waals surface area contributed by atoms with Gasteiger partial charge in [0, 0.05) is 14.9 Å². The topological polar surface area (TPSA) is 84.5 Å². The number of benzene rings is 3. The maximum Gasteiger partial charge on any atom is 0.262 e. The molecule has 29 heavy (non-hydrogen) atoms. The van der Waals surface area contributed by atoms with Crippen molar-refractivity contribution in [3.05, 3.63) is 81.9 Å². The Morgan fingerprint density at radius 2 is 1.62 bits per heavy atom. The zero-order chi connectivity index (χ0) is 20.9. The van der Waals surface area contributed by atoms with Crippen LogP contribution >= 0.6 is 22.6 Å². The van der Waals surface area contributed by atoms with Gasteiger partial charge in [0.05, 0.1) is 4.90 Å². The van der Waals surface area contributed by atoms with Crippen LogP contribution in [0.25, 0.3) is 0 Å². The number of sulfonamides is 1. The molecule has 0 bridgehead atoms. The Morgan fingerprint density at radius 1 is 0.966 bits per heavy atom. The van der Waals surface area contributed by atoms with E-state index in [0.717, 1.165) is 9.13 Å². The van der Waals surface area contributed by atoms with Gasteiger partial charge in [0.25, 0.3) is 15.9 Å². The summed E-state index contributed by atoms with van der Waals surface area (Å²) in [6, 6.07) is 20.4. The largest absolute Gasteiger partial charge is 0.484 e. The SMILES string of the molecule is Cc1cccc(OCC(=O)Nc2ccc(S(=O)(=O)Nc3ccc(I)cc3)cc2)c1. The summed E-state index contributed by atoms with van der Waals surface area (Å²) in [7, 11) is -3.71. The van der Waals surface area contributed by atoms with Crippen LogP contribution < -0.4 is 14.8 Å².